The minimum atomic E-state index is 0.198. The predicted octanol–water partition coefficient (Wildman–Crippen LogP) is 2.74. The number of para-hydroxylation sites is 1. The number of hydrogen-bond donors (Lipinski definition) is 1. The highest BCUT2D eigenvalue weighted by Crippen LogP contribution is 2.43. The number of fused-ring (bicyclic) bond motifs is 1. The summed E-state index contributed by atoms with van der Waals surface area (Å²) >= 11 is 0. The second-order valence-corrected chi connectivity index (χ2v) is 7.40. The molecule has 0 spiro atoms. The molecule has 0 atom stereocenters. The Morgan fingerprint density at radius 1 is 1.04 bits per heavy atom. The maximum Gasteiger partial charge on any atom is 0.0594 e. The first-order valence-electron chi connectivity index (χ1n) is 9.41. The number of morpholine rings is 1. The van der Waals surface area contributed by atoms with Gasteiger partial charge in [-0.2, -0.15) is 0 Å². The molecule has 2 fully saturated rings. The van der Waals surface area contributed by atoms with E-state index < -0.39 is 0 Å². The van der Waals surface area contributed by atoms with Gasteiger partial charge in [0.1, 0.15) is 0 Å². The van der Waals surface area contributed by atoms with Crippen LogP contribution in [0.2, 0.25) is 0 Å². The highest BCUT2D eigenvalue weighted by Gasteiger charge is 2.36. The van der Waals surface area contributed by atoms with Crippen LogP contribution >= 0.6 is 0 Å². The van der Waals surface area contributed by atoms with Crippen LogP contribution in [0.1, 0.15) is 31.2 Å². The number of nitrogens with zero attached hydrogens (tertiary/aromatic N) is 2. The maximum absolute atomic E-state index is 6.26. The van der Waals surface area contributed by atoms with Crippen molar-refractivity contribution in [2.45, 2.75) is 37.6 Å². The number of ether oxygens (including phenoxy) is 1. The average molecular weight is 327 g/mol. The summed E-state index contributed by atoms with van der Waals surface area (Å²) in [7, 11) is 0. The lowest BCUT2D eigenvalue weighted by molar-refractivity contribution is 0.0365. The first-order chi connectivity index (χ1) is 11.8. The molecule has 0 amide bonds. The van der Waals surface area contributed by atoms with E-state index in [1.165, 1.54) is 42.1 Å². The SMILES string of the molecule is NCC1(c2cn(CCN3CCOCC3)c3ccccc23)CCCC1. The number of rotatable bonds is 5. The van der Waals surface area contributed by atoms with E-state index in [-0.39, 0.29) is 5.41 Å². The van der Waals surface area contributed by atoms with Crippen LogP contribution in [0, 0.1) is 0 Å². The lowest BCUT2D eigenvalue weighted by Crippen LogP contribution is -2.38. The zero-order valence-electron chi connectivity index (χ0n) is 14.5. The molecule has 1 aromatic heterocycles. The zero-order chi connectivity index (χ0) is 16.4. The third-order valence-corrected chi connectivity index (χ3v) is 6.07. The van der Waals surface area contributed by atoms with E-state index in [2.05, 4.69) is 39.9 Å². The molecule has 1 saturated carbocycles. The average Bonchev–Trinajstić information content (AvgIpc) is 3.26. The lowest BCUT2D eigenvalue weighted by atomic mass is 9.79. The number of nitrogens with two attached hydrogens (primary N) is 1. The van der Waals surface area contributed by atoms with Gasteiger partial charge in [-0.25, -0.2) is 0 Å². The predicted molar refractivity (Wildman–Crippen MR) is 98.4 cm³/mol. The fraction of sp³-hybridized carbons (Fsp3) is 0.600. The van der Waals surface area contributed by atoms with Crippen LogP contribution in [0.15, 0.2) is 30.5 Å². The summed E-state index contributed by atoms with van der Waals surface area (Å²) in [5.74, 6) is 0. The monoisotopic (exact) mass is 327 g/mol. The van der Waals surface area contributed by atoms with Crippen LogP contribution in [0.4, 0.5) is 0 Å². The van der Waals surface area contributed by atoms with E-state index in [0.717, 1.165) is 45.9 Å². The Morgan fingerprint density at radius 2 is 1.79 bits per heavy atom. The van der Waals surface area contributed by atoms with Crippen molar-refractivity contribution in [1.82, 2.24) is 9.47 Å². The first kappa shape index (κ1) is 16.1. The van der Waals surface area contributed by atoms with Gasteiger partial charge in [0.15, 0.2) is 0 Å². The smallest absolute Gasteiger partial charge is 0.0594 e. The number of hydrogen-bond acceptors (Lipinski definition) is 3. The van der Waals surface area contributed by atoms with Gasteiger partial charge < -0.3 is 15.0 Å². The van der Waals surface area contributed by atoms with Crippen molar-refractivity contribution in [3.63, 3.8) is 0 Å². The maximum atomic E-state index is 6.26. The van der Waals surface area contributed by atoms with Gasteiger partial charge in [0, 0.05) is 55.2 Å². The standard InChI is InChI=1S/C20H29N3O/c21-16-20(7-3-4-8-20)18-15-23(19-6-2-1-5-17(18)19)10-9-22-11-13-24-14-12-22/h1-2,5-6,15H,3-4,7-14,16,21H2. The van der Waals surface area contributed by atoms with Crippen molar-refractivity contribution < 1.29 is 4.74 Å². The lowest BCUT2D eigenvalue weighted by Gasteiger charge is -2.27. The van der Waals surface area contributed by atoms with Crippen LogP contribution < -0.4 is 5.73 Å². The van der Waals surface area contributed by atoms with Gasteiger partial charge in [0.2, 0.25) is 0 Å². The van der Waals surface area contributed by atoms with Crippen molar-refractivity contribution in [1.29, 1.82) is 0 Å². The second kappa shape index (κ2) is 6.87. The fourth-order valence-corrected chi connectivity index (χ4v) is 4.56. The van der Waals surface area contributed by atoms with E-state index in [9.17, 15) is 0 Å². The molecular formula is C20H29N3O. The van der Waals surface area contributed by atoms with Gasteiger partial charge >= 0.3 is 0 Å². The normalized spacial score (nSPS) is 21.5. The molecule has 130 valence electrons. The Balaban J connectivity index is 1.63. The van der Waals surface area contributed by atoms with Crippen molar-refractivity contribution in [2.24, 2.45) is 5.73 Å². The molecule has 2 aliphatic rings. The fourth-order valence-electron chi connectivity index (χ4n) is 4.56. The minimum Gasteiger partial charge on any atom is -0.379 e. The van der Waals surface area contributed by atoms with E-state index in [1.54, 1.807) is 0 Å². The molecule has 1 aromatic carbocycles. The molecule has 0 unspecified atom stereocenters. The quantitative estimate of drug-likeness (QED) is 0.918. The van der Waals surface area contributed by atoms with Crippen molar-refractivity contribution in [2.75, 3.05) is 39.4 Å². The molecule has 4 nitrogen and oxygen atoms in total. The highest BCUT2D eigenvalue weighted by molar-refractivity contribution is 5.85. The van der Waals surface area contributed by atoms with E-state index in [1.807, 2.05) is 0 Å². The van der Waals surface area contributed by atoms with Crippen molar-refractivity contribution in [3.8, 4) is 0 Å². The van der Waals surface area contributed by atoms with E-state index >= 15 is 0 Å². The van der Waals surface area contributed by atoms with Crippen LogP contribution in [-0.4, -0.2) is 48.9 Å². The summed E-state index contributed by atoms with van der Waals surface area (Å²) in [5, 5.41) is 1.41. The molecule has 1 aliphatic heterocycles. The van der Waals surface area contributed by atoms with Crippen LogP contribution in [0.25, 0.3) is 10.9 Å². The third kappa shape index (κ3) is 2.87. The van der Waals surface area contributed by atoms with Crippen LogP contribution in [-0.2, 0) is 16.7 Å². The highest BCUT2D eigenvalue weighted by atomic mass is 16.5. The zero-order valence-corrected chi connectivity index (χ0v) is 14.5. The Kier molecular flexibility index (Phi) is 4.61. The largest absolute Gasteiger partial charge is 0.379 e. The molecule has 0 radical (unpaired) electrons. The first-order valence-corrected chi connectivity index (χ1v) is 9.41. The van der Waals surface area contributed by atoms with Crippen molar-refractivity contribution in [3.05, 3.63) is 36.0 Å². The summed E-state index contributed by atoms with van der Waals surface area (Å²) in [6, 6.07) is 8.86. The Morgan fingerprint density at radius 3 is 2.54 bits per heavy atom. The summed E-state index contributed by atoms with van der Waals surface area (Å²) < 4.78 is 7.91. The minimum absolute atomic E-state index is 0.198. The van der Waals surface area contributed by atoms with Gasteiger partial charge in [-0.15, -0.1) is 0 Å². The third-order valence-electron chi connectivity index (χ3n) is 6.07. The number of benzene rings is 1. The van der Waals surface area contributed by atoms with E-state index in [4.69, 9.17) is 10.5 Å². The molecule has 2 aromatic rings. The molecular weight excluding hydrogens is 298 g/mol. The van der Waals surface area contributed by atoms with Crippen LogP contribution in [0.3, 0.4) is 0 Å². The summed E-state index contributed by atoms with van der Waals surface area (Å²) in [4.78, 5) is 2.51. The van der Waals surface area contributed by atoms with Gasteiger partial charge in [0.05, 0.1) is 13.2 Å². The van der Waals surface area contributed by atoms with Gasteiger partial charge in [0.25, 0.3) is 0 Å². The molecule has 24 heavy (non-hydrogen) atoms. The molecule has 4 heteroatoms. The molecule has 1 saturated heterocycles. The Bertz CT molecular complexity index is 681. The van der Waals surface area contributed by atoms with E-state index in [0.29, 0.717) is 0 Å². The van der Waals surface area contributed by atoms with Crippen molar-refractivity contribution >= 4 is 10.9 Å². The topological polar surface area (TPSA) is 43.4 Å². The summed E-state index contributed by atoms with van der Waals surface area (Å²) in [6.07, 6.45) is 7.50. The van der Waals surface area contributed by atoms with Gasteiger partial charge in [-0.05, 0) is 24.5 Å². The van der Waals surface area contributed by atoms with Gasteiger partial charge in [-0.1, -0.05) is 31.0 Å². The molecule has 0 bridgehead atoms. The molecule has 4 rings (SSSR count). The Labute approximate surface area is 144 Å². The molecule has 2 N–H and O–H groups in total. The van der Waals surface area contributed by atoms with Crippen LogP contribution in [0.5, 0.6) is 0 Å². The van der Waals surface area contributed by atoms with Gasteiger partial charge in [-0.3, -0.25) is 4.90 Å². The Hall–Kier alpha value is -1.36. The number of aromatic nitrogens is 1. The summed E-state index contributed by atoms with van der Waals surface area (Å²) in [6.45, 7) is 6.75. The summed E-state index contributed by atoms with van der Waals surface area (Å²) in [5.41, 5.74) is 9.31. The molecule has 2 heterocycles. The molecule has 1 aliphatic carbocycles. The second-order valence-electron chi connectivity index (χ2n) is 7.40.